The topological polar surface area (TPSA) is 85.5 Å². The quantitative estimate of drug-likeness (QED) is 0.619. The first kappa shape index (κ1) is 18.5. The van der Waals surface area contributed by atoms with Gasteiger partial charge in [0.05, 0.1) is 29.9 Å². The summed E-state index contributed by atoms with van der Waals surface area (Å²) in [7, 11) is 1.63. The summed E-state index contributed by atoms with van der Waals surface area (Å²) < 4.78 is 16.4. The zero-order valence-corrected chi connectivity index (χ0v) is 16.5. The molecular formula is C20H21N3O4S. The fourth-order valence-electron chi connectivity index (χ4n) is 2.99. The number of hydrogen-bond acceptors (Lipinski definition) is 6. The highest BCUT2D eigenvalue weighted by atomic mass is 32.2. The van der Waals surface area contributed by atoms with Crippen molar-refractivity contribution < 1.29 is 19.0 Å². The van der Waals surface area contributed by atoms with E-state index in [0.717, 1.165) is 33.8 Å². The Morgan fingerprint density at radius 1 is 1.25 bits per heavy atom. The van der Waals surface area contributed by atoms with Gasteiger partial charge in [0.2, 0.25) is 5.91 Å². The SMILES string of the molecule is COc1ccc2nc(SCC(=O)N[C@@H](C)c3ccc4c(c3)OCCO4)[nH]c2c1. The van der Waals surface area contributed by atoms with Crippen LogP contribution in [0.3, 0.4) is 0 Å². The first-order chi connectivity index (χ1) is 13.6. The highest BCUT2D eigenvalue weighted by Crippen LogP contribution is 2.32. The van der Waals surface area contributed by atoms with Gasteiger partial charge in [-0.3, -0.25) is 4.79 Å². The zero-order valence-electron chi connectivity index (χ0n) is 15.7. The molecule has 2 N–H and O–H groups in total. The molecule has 7 nitrogen and oxygen atoms in total. The van der Waals surface area contributed by atoms with Crippen LogP contribution >= 0.6 is 11.8 Å². The number of thioether (sulfide) groups is 1. The summed E-state index contributed by atoms with van der Waals surface area (Å²) in [6.07, 6.45) is 0. The van der Waals surface area contributed by atoms with E-state index in [1.54, 1.807) is 7.11 Å². The predicted molar refractivity (Wildman–Crippen MR) is 107 cm³/mol. The number of carbonyl (C=O) groups is 1. The highest BCUT2D eigenvalue weighted by molar-refractivity contribution is 7.99. The molecule has 1 amide bonds. The third-order valence-corrected chi connectivity index (χ3v) is 5.32. The maximum atomic E-state index is 12.4. The van der Waals surface area contributed by atoms with Crippen molar-refractivity contribution in [3.63, 3.8) is 0 Å². The number of methoxy groups -OCH3 is 1. The average Bonchev–Trinajstić information content (AvgIpc) is 3.14. The van der Waals surface area contributed by atoms with Gasteiger partial charge in [0.15, 0.2) is 16.7 Å². The number of ether oxygens (including phenoxy) is 3. The van der Waals surface area contributed by atoms with E-state index >= 15 is 0 Å². The van der Waals surface area contributed by atoms with E-state index in [-0.39, 0.29) is 17.7 Å². The van der Waals surface area contributed by atoms with Gasteiger partial charge >= 0.3 is 0 Å². The van der Waals surface area contributed by atoms with Gasteiger partial charge in [0.1, 0.15) is 19.0 Å². The fraction of sp³-hybridized carbons (Fsp3) is 0.300. The van der Waals surface area contributed by atoms with Gasteiger partial charge in [0, 0.05) is 6.07 Å². The molecule has 0 fully saturated rings. The molecule has 4 rings (SSSR count). The number of H-pyrrole nitrogens is 1. The number of fused-ring (bicyclic) bond motifs is 2. The van der Waals surface area contributed by atoms with Crippen LogP contribution in [0.2, 0.25) is 0 Å². The highest BCUT2D eigenvalue weighted by Gasteiger charge is 2.16. The lowest BCUT2D eigenvalue weighted by molar-refractivity contribution is -0.119. The van der Waals surface area contributed by atoms with Crippen LogP contribution in [0, 0.1) is 0 Å². The lowest BCUT2D eigenvalue weighted by atomic mass is 10.1. The summed E-state index contributed by atoms with van der Waals surface area (Å²) >= 11 is 1.36. The van der Waals surface area contributed by atoms with Gasteiger partial charge in [0.25, 0.3) is 0 Å². The monoisotopic (exact) mass is 399 g/mol. The fourth-order valence-corrected chi connectivity index (χ4v) is 3.69. The van der Waals surface area contributed by atoms with E-state index in [0.29, 0.717) is 18.4 Å². The van der Waals surface area contributed by atoms with Crippen LogP contribution in [-0.4, -0.2) is 42.0 Å². The van der Waals surface area contributed by atoms with E-state index < -0.39 is 0 Å². The van der Waals surface area contributed by atoms with Crippen LogP contribution in [0.1, 0.15) is 18.5 Å². The molecule has 28 heavy (non-hydrogen) atoms. The maximum Gasteiger partial charge on any atom is 0.230 e. The summed E-state index contributed by atoms with van der Waals surface area (Å²) in [4.78, 5) is 20.0. The van der Waals surface area contributed by atoms with Crippen molar-refractivity contribution in [1.82, 2.24) is 15.3 Å². The van der Waals surface area contributed by atoms with Crippen LogP contribution in [0.15, 0.2) is 41.6 Å². The van der Waals surface area contributed by atoms with Crippen molar-refractivity contribution in [2.45, 2.75) is 18.1 Å². The van der Waals surface area contributed by atoms with Crippen LogP contribution in [0.25, 0.3) is 11.0 Å². The van der Waals surface area contributed by atoms with Crippen molar-refractivity contribution in [3.05, 3.63) is 42.0 Å². The van der Waals surface area contributed by atoms with E-state index in [1.807, 2.05) is 43.3 Å². The summed E-state index contributed by atoms with van der Waals surface area (Å²) in [6, 6.07) is 11.2. The first-order valence-electron chi connectivity index (χ1n) is 8.98. The second-order valence-corrected chi connectivity index (χ2v) is 7.37. The van der Waals surface area contributed by atoms with Gasteiger partial charge < -0.3 is 24.5 Å². The number of rotatable bonds is 6. The molecule has 8 heteroatoms. The number of nitrogens with zero attached hydrogens (tertiary/aromatic N) is 1. The Hall–Kier alpha value is -2.87. The molecule has 0 saturated carbocycles. The lowest BCUT2D eigenvalue weighted by Crippen LogP contribution is -2.28. The van der Waals surface area contributed by atoms with Gasteiger partial charge in [-0.15, -0.1) is 0 Å². The van der Waals surface area contributed by atoms with Crippen LogP contribution in [0.4, 0.5) is 0 Å². The summed E-state index contributed by atoms with van der Waals surface area (Å²) in [5, 5.41) is 3.71. The smallest absolute Gasteiger partial charge is 0.230 e. The Morgan fingerprint density at radius 2 is 2.07 bits per heavy atom. The number of hydrogen-bond donors (Lipinski definition) is 2. The molecule has 1 aliphatic rings. The van der Waals surface area contributed by atoms with Crippen LogP contribution < -0.4 is 19.5 Å². The minimum Gasteiger partial charge on any atom is -0.497 e. The largest absolute Gasteiger partial charge is 0.497 e. The summed E-state index contributed by atoms with van der Waals surface area (Å²) in [5.41, 5.74) is 2.69. The van der Waals surface area contributed by atoms with Crippen molar-refractivity contribution >= 4 is 28.7 Å². The Bertz CT molecular complexity index is 1000. The number of aromatic amines is 1. The van der Waals surface area contributed by atoms with Crippen molar-refractivity contribution in [1.29, 1.82) is 0 Å². The number of amides is 1. The molecule has 1 atom stereocenters. The number of imidazole rings is 1. The van der Waals surface area contributed by atoms with Gasteiger partial charge in [-0.1, -0.05) is 17.8 Å². The molecule has 1 aliphatic heterocycles. The maximum absolute atomic E-state index is 12.4. The van der Waals surface area contributed by atoms with Gasteiger partial charge in [-0.2, -0.15) is 0 Å². The number of nitrogens with one attached hydrogen (secondary N) is 2. The molecule has 146 valence electrons. The zero-order chi connectivity index (χ0) is 19.5. The molecule has 2 heterocycles. The Morgan fingerprint density at radius 3 is 2.89 bits per heavy atom. The minimum absolute atomic E-state index is 0.0644. The molecule has 1 aromatic heterocycles. The first-order valence-corrected chi connectivity index (χ1v) is 9.96. The average molecular weight is 399 g/mol. The molecule has 0 unspecified atom stereocenters. The molecule has 2 aromatic carbocycles. The third-order valence-electron chi connectivity index (χ3n) is 4.45. The molecule has 0 saturated heterocycles. The standard InChI is InChI=1S/C20H21N3O4S/c1-12(13-3-6-17-18(9-13)27-8-7-26-17)21-19(24)11-28-20-22-15-5-4-14(25-2)10-16(15)23-20/h3-6,9-10,12H,7-8,11H2,1-2H3,(H,21,24)(H,22,23)/t12-/m0/s1. The Balaban J connectivity index is 1.35. The van der Waals surface area contributed by atoms with E-state index in [1.165, 1.54) is 11.8 Å². The van der Waals surface area contributed by atoms with E-state index in [9.17, 15) is 4.79 Å². The molecular weight excluding hydrogens is 378 g/mol. The van der Waals surface area contributed by atoms with Crippen LogP contribution in [0.5, 0.6) is 17.2 Å². The van der Waals surface area contributed by atoms with Crippen molar-refractivity contribution in [2.24, 2.45) is 0 Å². The summed E-state index contributed by atoms with van der Waals surface area (Å²) in [6.45, 7) is 3.04. The molecule has 0 aliphatic carbocycles. The third kappa shape index (κ3) is 4.01. The number of aromatic nitrogens is 2. The predicted octanol–water partition coefficient (Wildman–Crippen LogP) is 3.31. The second-order valence-electron chi connectivity index (χ2n) is 6.41. The molecule has 0 bridgehead atoms. The van der Waals surface area contributed by atoms with Gasteiger partial charge in [-0.05, 0) is 36.8 Å². The molecule has 0 radical (unpaired) electrons. The van der Waals surface area contributed by atoms with E-state index in [4.69, 9.17) is 14.2 Å². The number of benzene rings is 2. The van der Waals surface area contributed by atoms with E-state index in [2.05, 4.69) is 15.3 Å². The minimum atomic E-state index is -0.135. The summed E-state index contributed by atoms with van der Waals surface area (Å²) in [5.74, 6) is 2.43. The van der Waals surface area contributed by atoms with Crippen LogP contribution in [-0.2, 0) is 4.79 Å². The number of carbonyl (C=O) groups excluding carboxylic acids is 1. The normalized spacial score (nSPS) is 13.9. The van der Waals surface area contributed by atoms with Crippen molar-refractivity contribution in [3.8, 4) is 17.2 Å². The van der Waals surface area contributed by atoms with Crippen molar-refractivity contribution in [2.75, 3.05) is 26.1 Å². The Labute approximate surface area is 166 Å². The second kappa shape index (κ2) is 8.02. The molecule has 3 aromatic rings. The molecule has 0 spiro atoms. The lowest BCUT2D eigenvalue weighted by Gasteiger charge is -2.21. The Kier molecular flexibility index (Phi) is 5.29. The van der Waals surface area contributed by atoms with Gasteiger partial charge in [-0.25, -0.2) is 4.98 Å².